The maximum atomic E-state index is 11.3. The van der Waals surface area contributed by atoms with Crippen molar-refractivity contribution in [3.63, 3.8) is 0 Å². The molecule has 0 heterocycles. The molecule has 0 saturated carbocycles. The summed E-state index contributed by atoms with van der Waals surface area (Å²) in [6, 6.07) is 5.26. The molecule has 1 amide bonds. The summed E-state index contributed by atoms with van der Waals surface area (Å²) in [5.41, 5.74) is 0.733. The zero-order chi connectivity index (χ0) is 13.1. The van der Waals surface area contributed by atoms with Crippen molar-refractivity contribution in [3.8, 4) is 0 Å². The number of amides is 1. The zero-order valence-electron chi connectivity index (χ0n) is 9.04. The van der Waals surface area contributed by atoms with Crippen LogP contribution in [0.3, 0.4) is 0 Å². The van der Waals surface area contributed by atoms with Gasteiger partial charge in [-0.2, -0.15) is 0 Å². The molecule has 0 aliphatic carbocycles. The first-order valence-electron chi connectivity index (χ1n) is 4.66. The Morgan fingerprint density at radius 1 is 1.47 bits per heavy atom. The molecule has 1 N–H and O–H groups in total. The van der Waals surface area contributed by atoms with Gasteiger partial charge in [-0.15, -0.1) is 0 Å². The van der Waals surface area contributed by atoms with Crippen LogP contribution in [-0.4, -0.2) is 26.3 Å². The minimum Gasteiger partial charge on any atom is -0.351 e. The third-order valence-corrected chi connectivity index (χ3v) is 3.52. The fourth-order valence-electron chi connectivity index (χ4n) is 1.15. The number of halogens is 2. The molecule has 0 aliphatic rings. The standard InChI is InChI=1S/C10H11BrClNO3S/c1-17(15,16)6-10(14)13-5-7-2-3-8(11)4-9(7)12/h2-4H,5-6H2,1H3,(H,13,14). The lowest BCUT2D eigenvalue weighted by molar-refractivity contribution is -0.118. The zero-order valence-corrected chi connectivity index (χ0v) is 12.2. The van der Waals surface area contributed by atoms with E-state index in [0.717, 1.165) is 16.3 Å². The number of sulfone groups is 1. The molecule has 1 rings (SSSR count). The van der Waals surface area contributed by atoms with Crippen LogP contribution in [-0.2, 0) is 21.2 Å². The summed E-state index contributed by atoms with van der Waals surface area (Å²) in [6.07, 6.45) is 1.01. The van der Waals surface area contributed by atoms with Gasteiger partial charge >= 0.3 is 0 Å². The van der Waals surface area contributed by atoms with Crippen LogP contribution in [0.15, 0.2) is 22.7 Å². The number of carbonyl (C=O) groups excluding carboxylic acids is 1. The van der Waals surface area contributed by atoms with E-state index in [0.29, 0.717) is 5.02 Å². The van der Waals surface area contributed by atoms with Gasteiger partial charge in [-0.25, -0.2) is 8.42 Å². The van der Waals surface area contributed by atoms with E-state index < -0.39 is 21.5 Å². The smallest absolute Gasteiger partial charge is 0.235 e. The van der Waals surface area contributed by atoms with Crippen molar-refractivity contribution in [2.45, 2.75) is 6.54 Å². The van der Waals surface area contributed by atoms with Crippen LogP contribution in [0.2, 0.25) is 5.02 Å². The van der Waals surface area contributed by atoms with E-state index in [-0.39, 0.29) is 6.54 Å². The molecule has 0 bridgehead atoms. The van der Waals surface area contributed by atoms with Crippen molar-refractivity contribution in [1.82, 2.24) is 5.32 Å². The predicted octanol–water partition coefficient (Wildman–Crippen LogP) is 1.76. The Hall–Kier alpha value is -0.590. The van der Waals surface area contributed by atoms with Crippen LogP contribution >= 0.6 is 27.5 Å². The minimum atomic E-state index is -3.30. The summed E-state index contributed by atoms with van der Waals surface area (Å²) in [6.45, 7) is 0.209. The van der Waals surface area contributed by atoms with Gasteiger partial charge in [-0.3, -0.25) is 4.79 Å². The number of hydrogen-bond acceptors (Lipinski definition) is 3. The van der Waals surface area contributed by atoms with Crippen molar-refractivity contribution in [2.75, 3.05) is 12.0 Å². The molecule has 0 unspecified atom stereocenters. The van der Waals surface area contributed by atoms with Gasteiger partial charge in [0.25, 0.3) is 0 Å². The second-order valence-corrected chi connectivity index (χ2v) is 7.05. The number of hydrogen-bond donors (Lipinski definition) is 1. The molecule has 0 radical (unpaired) electrons. The number of nitrogens with one attached hydrogen (secondary N) is 1. The van der Waals surface area contributed by atoms with Crippen molar-refractivity contribution in [3.05, 3.63) is 33.3 Å². The quantitative estimate of drug-likeness (QED) is 0.908. The first-order valence-corrected chi connectivity index (χ1v) is 7.89. The molecule has 7 heteroatoms. The second-order valence-electron chi connectivity index (χ2n) is 3.58. The van der Waals surface area contributed by atoms with Crippen LogP contribution in [0.4, 0.5) is 0 Å². The lowest BCUT2D eigenvalue weighted by atomic mass is 10.2. The third-order valence-electron chi connectivity index (χ3n) is 1.88. The largest absolute Gasteiger partial charge is 0.351 e. The molecule has 0 fully saturated rings. The Labute approximate surface area is 113 Å². The maximum Gasteiger partial charge on any atom is 0.235 e. The highest BCUT2D eigenvalue weighted by Gasteiger charge is 2.10. The summed E-state index contributed by atoms with van der Waals surface area (Å²) < 4.78 is 22.6. The summed E-state index contributed by atoms with van der Waals surface area (Å²) in [5.74, 6) is -1.05. The number of benzene rings is 1. The molecule has 1 aromatic carbocycles. The van der Waals surface area contributed by atoms with E-state index in [9.17, 15) is 13.2 Å². The van der Waals surface area contributed by atoms with Crippen LogP contribution in [0.25, 0.3) is 0 Å². The van der Waals surface area contributed by atoms with E-state index >= 15 is 0 Å². The highest BCUT2D eigenvalue weighted by atomic mass is 79.9. The molecule has 0 spiro atoms. The summed E-state index contributed by atoms with van der Waals surface area (Å²) in [7, 11) is -3.30. The highest BCUT2D eigenvalue weighted by Crippen LogP contribution is 2.21. The Bertz CT molecular complexity index is 530. The highest BCUT2D eigenvalue weighted by molar-refractivity contribution is 9.10. The van der Waals surface area contributed by atoms with Gasteiger partial charge in [0.05, 0.1) is 0 Å². The monoisotopic (exact) mass is 339 g/mol. The van der Waals surface area contributed by atoms with Gasteiger partial charge in [0.15, 0.2) is 9.84 Å². The van der Waals surface area contributed by atoms with Gasteiger partial charge in [0.1, 0.15) is 5.75 Å². The Kier molecular flexibility index (Phi) is 4.97. The third kappa shape index (κ3) is 5.52. The maximum absolute atomic E-state index is 11.3. The van der Waals surface area contributed by atoms with E-state index in [1.54, 1.807) is 18.2 Å². The average Bonchev–Trinajstić information content (AvgIpc) is 2.13. The first kappa shape index (κ1) is 14.5. The first-order chi connectivity index (χ1) is 7.78. The van der Waals surface area contributed by atoms with Gasteiger partial charge in [-0.1, -0.05) is 33.6 Å². The Morgan fingerprint density at radius 3 is 2.65 bits per heavy atom. The summed E-state index contributed by atoms with van der Waals surface area (Å²) in [5, 5.41) is 3.01. The molecular weight excluding hydrogens is 330 g/mol. The molecule has 0 atom stereocenters. The van der Waals surface area contributed by atoms with Gasteiger partial charge in [-0.05, 0) is 17.7 Å². The van der Waals surface area contributed by atoms with Gasteiger partial charge in [0, 0.05) is 22.3 Å². The summed E-state index contributed by atoms with van der Waals surface area (Å²) in [4.78, 5) is 11.3. The second kappa shape index (κ2) is 5.84. The molecule has 0 aromatic heterocycles. The van der Waals surface area contributed by atoms with Crippen LogP contribution in [0.5, 0.6) is 0 Å². The van der Waals surface area contributed by atoms with E-state index in [4.69, 9.17) is 11.6 Å². The van der Waals surface area contributed by atoms with Crippen LogP contribution in [0, 0.1) is 0 Å². The molecule has 1 aromatic rings. The Balaban J connectivity index is 2.59. The molecule has 0 aliphatic heterocycles. The fourth-order valence-corrected chi connectivity index (χ4v) is 2.47. The molecule has 94 valence electrons. The van der Waals surface area contributed by atoms with Crippen molar-refractivity contribution < 1.29 is 13.2 Å². The normalized spacial score (nSPS) is 11.2. The predicted molar refractivity (Wildman–Crippen MR) is 70.7 cm³/mol. The lowest BCUT2D eigenvalue weighted by Crippen LogP contribution is -2.29. The van der Waals surface area contributed by atoms with Gasteiger partial charge in [0.2, 0.25) is 5.91 Å². The SMILES string of the molecule is CS(=O)(=O)CC(=O)NCc1ccc(Br)cc1Cl. The number of rotatable bonds is 4. The van der Waals surface area contributed by atoms with Crippen LogP contribution in [0.1, 0.15) is 5.56 Å². The fraction of sp³-hybridized carbons (Fsp3) is 0.300. The molecule has 0 saturated heterocycles. The van der Waals surface area contributed by atoms with E-state index in [1.165, 1.54) is 0 Å². The van der Waals surface area contributed by atoms with Crippen molar-refractivity contribution in [2.24, 2.45) is 0 Å². The van der Waals surface area contributed by atoms with Crippen LogP contribution < -0.4 is 5.32 Å². The lowest BCUT2D eigenvalue weighted by Gasteiger charge is -2.06. The molecular formula is C10H11BrClNO3S. The summed E-state index contributed by atoms with van der Waals surface area (Å²) >= 11 is 9.21. The molecule has 4 nitrogen and oxygen atoms in total. The average molecular weight is 341 g/mol. The minimum absolute atomic E-state index is 0.209. The van der Waals surface area contributed by atoms with Crippen molar-refractivity contribution >= 4 is 43.3 Å². The van der Waals surface area contributed by atoms with Crippen molar-refractivity contribution in [1.29, 1.82) is 0 Å². The molecule has 17 heavy (non-hydrogen) atoms. The van der Waals surface area contributed by atoms with E-state index in [2.05, 4.69) is 21.2 Å². The Morgan fingerprint density at radius 2 is 2.12 bits per heavy atom. The topological polar surface area (TPSA) is 63.2 Å². The number of carbonyl (C=O) groups is 1. The van der Waals surface area contributed by atoms with E-state index in [1.807, 2.05) is 0 Å². The van der Waals surface area contributed by atoms with Gasteiger partial charge < -0.3 is 5.32 Å².